The van der Waals surface area contributed by atoms with Crippen LogP contribution in [0.25, 0.3) is 0 Å². The fourth-order valence-electron chi connectivity index (χ4n) is 2.31. The Hall–Kier alpha value is -0.990. The molecule has 3 nitrogen and oxygen atoms in total. The third-order valence-electron chi connectivity index (χ3n) is 4.71. The molecule has 0 saturated heterocycles. The van der Waals surface area contributed by atoms with Crippen LogP contribution in [0, 0.1) is 11.3 Å². The zero-order valence-electron chi connectivity index (χ0n) is 12.0. The molecule has 3 heteroatoms. The second kappa shape index (κ2) is 5.11. The molecule has 1 atom stereocenters. The highest BCUT2D eigenvalue weighted by Gasteiger charge is 2.43. The van der Waals surface area contributed by atoms with Gasteiger partial charge in [0.1, 0.15) is 0 Å². The van der Waals surface area contributed by atoms with Gasteiger partial charge in [0, 0.05) is 5.41 Å². The molecule has 0 saturated carbocycles. The van der Waals surface area contributed by atoms with E-state index in [4.69, 9.17) is 0 Å². The van der Waals surface area contributed by atoms with Crippen molar-refractivity contribution < 1.29 is 0 Å². The summed E-state index contributed by atoms with van der Waals surface area (Å²) in [6.45, 7) is 13.7. The van der Waals surface area contributed by atoms with Gasteiger partial charge < -0.3 is 0 Å². The minimum absolute atomic E-state index is 0.00245. The van der Waals surface area contributed by atoms with Crippen molar-refractivity contribution in [3.05, 3.63) is 18.0 Å². The highest BCUT2D eigenvalue weighted by atomic mass is 15.3. The summed E-state index contributed by atoms with van der Waals surface area (Å²) in [4.78, 5) is 0. The second-order valence-electron chi connectivity index (χ2n) is 6.04. The molecule has 0 N–H and O–H groups in total. The highest BCUT2D eigenvalue weighted by Crippen LogP contribution is 2.46. The van der Waals surface area contributed by atoms with Crippen molar-refractivity contribution in [2.75, 3.05) is 0 Å². The minimum atomic E-state index is -0.00245. The van der Waals surface area contributed by atoms with E-state index in [1.165, 1.54) is 12.8 Å². The van der Waals surface area contributed by atoms with Crippen LogP contribution in [0.15, 0.2) is 12.3 Å². The van der Waals surface area contributed by atoms with E-state index < -0.39 is 0 Å². The molecular weight excluding hydrogens is 210 g/mol. The minimum Gasteiger partial charge on any atom is -0.139 e. The normalized spacial score (nSPS) is 14.7. The molecule has 0 fully saturated rings. The summed E-state index contributed by atoms with van der Waals surface area (Å²) in [6.07, 6.45) is 4.20. The van der Waals surface area contributed by atoms with Gasteiger partial charge in [0.25, 0.3) is 0 Å². The van der Waals surface area contributed by atoms with Crippen LogP contribution in [0.1, 0.15) is 60.1 Å². The second-order valence-corrected chi connectivity index (χ2v) is 6.04. The maximum Gasteiger partial charge on any atom is 0.0726 e. The molecule has 1 unspecified atom stereocenters. The molecule has 1 rings (SSSR count). The number of nitrogens with zero attached hydrogens (tertiary/aromatic N) is 3. The van der Waals surface area contributed by atoms with Gasteiger partial charge in [0.2, 0.25) is 0 Å². The molecule has 0 aliphatic heterocycles. The van der Waals surface area contributed by atoms with Crippen molar-refractivity contribution >= 4 is 0 Å². The highest BCUT2D eigenvalue weighted by molar-refractivity contribution is 5.16. The molecule has 17 heavy (non-hydrogen) atoms. The number of rotatable bonds is 5. The van der Waals surface area contributed by atoms with Crippen LogP contribution in [0.4, 0.5) is 0 Å². The SMILES string of the molecule is CCCC(C)C(C)(C)C(C)(C)c1ccnnn1. The Morgan fingerprint density at radius 2 is 1.88 bits per heavy atom. The van der Waals surface area contributed by atoms with Crippen molar-refractivity contribution in [1.29, 1.82) is 0 Å². The van der Waals surface area contributed by atoms with Crippen LogP contribution in [0.5, 0.6) is 0 Å². The first kappa shape index (κ1) is 14.1. The average molecular weight is 235 g/mol. The summed E-state index contributed by atoms with van der Waals surface area (Å²) < 4.78 is 0. The lowest BCUT2D eigenvalue weighted by Crippen LogP contribution is -2.42. The lowest BCUT2D eigenvalue weighted by Gasteiger charge is -2.45. The van der Waals surface area contributed by atoms with Crippen molar-refractivity contribution in [3.8, 4) is 0 Å². The first-order valence-corrected chi connectivity index (χ1v) is 6.49. The van der Waals surface area contributed by atoms with Crippen LogP contribution in [0.3, 0.4) is 0 Å². The maximum absolute atomic E-state index is 4.20. The Morgan fingerprint density at radius 3 is 2.35 bits per heavy atom. The fourth-order valence-corrected chi connectivity index (χ4v) is 2.31. The van der Waals surface area contributed by atoms with Gasteiger partial charge in [-0.05, 0) is 22.6 Å². The van der Waals surface area contributed by atoms with E-state index in [0.29, 0.717) is 5.92 Å². The predicted molar refractivity (Wildman–Crippen MR) is 70.7 cm³/mol. The third-order valence-corrected chi connectivity index (χ3v) is 4.71. The molecule has 1 heterocycles. The van der Waals surface area contributed by atoms with Gasteiger partial charge >= 0.3 is 0 Å². The summed E-state index contributed by atoms with van der Waals surface area (Å²) in [5.74, 6) is 0.650. The zero-order valence-corrected chi connectivity index (χ0v) is 12.0. The summed E-state index contributed by atoms with van der Waals surface area (Å²) in [5.41, 5.74) is 1.21. The quantitative estimate of drug-likeness (QED) is 0.782. The molecule has 0 aliphatic carbocycles. The van der Waals surface area contributed by atoms with E-state index in [-0.39, 0.29) is 10.8 Å². The van der Waals surface area contributed by atoms with E-state index in [0.717, 1.165) is 5.69 Å². The van der Waals surface area contributed by atoms with E-state index in [1.54, 1.807) is 6.20 Å². The first-order valence-electron chi connectivity index (χ1n) is 6.49. The summed E-state index contributed by atoms with van der Waals surface area (Å²) in [5, 5.41) is 11.7. The molecule has 96 valence electrons. The monoisotopic (exact) mass is 235 g/mol. The smallest absolute Gasteiger partial charge is 0.0726 e. The Bertz CT molecular complexity index is 344. The summed E-state index contributed by atoms with van der Waals surface area (Å²) >= 11 is 0. The van der Waals surface area contributed by atoms with Crippen LogP contribution in [-0.2, 0) is 5.41 Å². The molecule has 0 aromatic carbocycles. The Labute approximate surface area is 105 Å². The topological polar surface area (TPSA) is 38.7 Å². The van der Waals surface area contributed by atoms with E-state index in [2.05, 4.69) is 57.0 Å². The largest absolute Gasteiger partial charge is 0.139 e. The fraction of sp³-hybridized carbons (Fsp3) is 0.786. The Balaban J connectivity index is 3.04. The number of aromatic nitrogens is 3. The molecule has 0 bridgehead atoms. The Kier molecular flexibility index (Phi) is 4.23. The van der Waals surface area contributed by atoms with Crippen molar-refractivity contribution in [3.63, 3.8) is 0 Å². The van der Waals surface area contributed by atoms with Gasteiger partial charge in [-0.1, -0.05) is 54.4 Å². The van der Waals surface area contributed by atoms with Crippen molar-refractivity contribution in [2.24, 2.45) is 11.3 Å². The third kappa shape index (κ3) is 2.64. The number of hydrogen-bond donors (Lipinski definition) is 0. The molecule has 1 aromatic heterocycles. The van der Waals surface area contributed by atoms with Gasteiger partial charge in [-0.3, -0.25) is 0 Å². The van der Waals surface area contributed by atoms with Crippen LogP contribution < -0.4 is 0 Å². The molecule has 0 spiro atoms. The number of hydrogen-bond acceptors (Lipinski definition) is 3. The van der Waals surface area contributed by atoms with E-state index in [1.807, 2.05) is 6.07 Å². The zero-order chi connectivity index (χ0) is 13.1. The van der Waals surface area contributed by atoms with Gasteiger partial charge in [-0.15, -0.1) is 10.2 Å². The van der Waals surface area contributed by atoms with Crippen molar-refractivity contribution in [1.82, 2.24) is 15.4 Å². The summed E-state index contributed by atoms with van der Waals surface area (Å²) in [7, 11) is 0. The van der Waals surface area contributed by atoms with E-state index >= 15 is 0 Å². The molecule has 0 aliphatic rings. The molecular formula is C14H25N3. The Morgan fingerprint density at radius 1 is 1.24 bits per heavy atom. The van der Waals surface area contributed by atoms with Crippen LogP contribution >= 0.6 is 0 Å². The van der Waals surface area contributed by atoms with Crippen LogP contribution in [0.2, 0.25) is 0 Å². The predicted octanol–water partition coefficient (Wildman–Crippen LogP) is 3.61. The molecule has 0 radical (unpaired) electrons. The lowest BCUT2D eigenvalue weighted by molar-refractivity contribution is 0.103. The van der Waals surface area contributed by atoms with E-state index in [9.17, 15) is 0 Å². The molecule has 1 aromatic rings. The standard InChI is InChI=1S/C14H25N3/c1-7-8-11(2)13(3,4)14(5,6)12-9-10-15-17-16-12/h9-11H,7-8H2,1-6H3. The van der Waals surface area contributed by atoms with Gasteiger partial charge in [-0.2, -0.15) is 0 Å². The molecule has 0 amide bonds. The average Bonchev–Trinajstić information content (AvgIpc) is 2.30. The van der Waals surface area contributed by atoms with Crippen molar-refractivity contribution in [2.45, 2.75) is 59.8 Å². The van der Waals surface area contributed by atoms with Gasteiger partial charge in [-0.25, -0.2) is 0 Å². The van der Waals surface area contributed by atoms with Gasteiger partial charge in [0.05, 0.1) is 11.9 Å². The summed E-state index contributed by atoms with van der Waals surface area (Å²) in [6, 6.07) is 1.98. The van der Waals surface area contributed by atoms with Gasteiger partial charge in [0.15, 0.2) is 0 Å². The lowest BCUT2D eigenvalue weighted by atomic mass is 9.59. The first-order chi connectivity index (χ1) is 7.84. The maximum atomic E-state index is 4.20. The van der Waals surface area contributed by atoms with Crippen LogP contribution in [-0.4, -0.2) is 15.4 Å².